The van der Waals surface area contributed by atoms with Crippen molar-refractivity contribution in [3.05, 3.63) is 34.1 Å². The fourth-order valence-electron chi connectivity index (χ4n) is 0.807. The first-order valence-electron chi connectivity index (χ1n) is 3.32. The highest BCUT2D eigenvalue weighted by atomic mass is 35.5. The average Bonchev–Trinajstić information content (AvgIpc) is 2.01. The lowest BCUT2D eigenvalue weighted by molar-refractivity contribution is -0.385. The van der Waals surface area contributed by atoms with Gasteiger partial charge in [-0.25, -0.2) is 9.18 Å². The molecule has 0 aliphatic heterocycles. The van der Waals surface area contributed by atoms with Gasteiger partial charge in [-0.2, -0.15) is 0 Å². The molecule has 1 aromatic rings. The second-order valence-electron chi connectivity index (χ2n) is 2.21. The van der Waals surface area contributed by atoms with E-state index >= 15 is 0 Å². The Morgan fingerprint density at radius 2 is 2.21 bits per heavy atom. The summed E-state index contributed by atoms with van der Waals surface area (Å²) in [6.07, 6.45) is 0. The first-order chi connectivity index (χ1) is 6.50. The van der Waals surface area contributed by atoms with Crippen molar-refractivity contribution >= 4 is 22.7 Å². The van der Waals surface area contributed by atoms with Crippen LogP contribution in [0.5, 0.6) is 5.75 Å². The largest absolute Gasteiger partial charge is 0.409 e. The first kappa shape index (κ1) is 10.4. The van der Waals surface area contributed by atoms with E-state index in [9.17, 15) is 19.3 Å². The van der Waals surface area contributed by atoms with E-state index in [1.165, 1.54) is 0 Å². The Kier molecular flexibility index (Phi) is 2.98. The lowest BCUT2D eigenvalue weighted by Gasteiger charge is -2.00. The molecule has 0 saturated carbocycles. The monoisotopic (exact) mass is 219 g/mol. The zero-order chi connectivity index (χ0) is 10.7. The van der Waals surface area contributed by atoms with Gasteiger partial charge in [0.25, 0.3) is 0 Å². The van der Waals surface area contributed by atoms with Gasteiger partial charge in [-0.15, -0.1) is 0 Å². The molecule has 0 heterocycles. The molecule has 0 aliphatic rings. The van der Waals surface area contributed by atoms with E-state index in [2.05, 4.69) is 4.74 Å². The van der Waals surface area contributed by atoms with Crippen LogP contribution < -0.4 is 4.74 Å². The predicted octanol–water partition coefficient (Wildman–Crippen LogP) is 2.47. The Hall–Kier alpha value is -1.69. The summed E-state index contributed by atoms with van der Waals surface area (Å²) >= 11 is 4.84. The highest BCUT2D eigenvalue weighted by Gasteiger charge is 2.17. The van der Waals surface area contributed by atoms with Crippen molar-refractivity contribution < 1.29 is 18.8 Å². The third-order valence-electron chi connectivity index (χ3n) is 1.31. The number of rotatable bonds is 2. The molecule has 74 valence electrons. The standard InChI is InChI=1S/C7H3ClFNO4/c8-7(11)14-6-3-4(9)1-2-5(6)10(12)13/h1-3H. The van der Waals surface area contributed by atoms with Crippen molar-refractivity contribution in [3.8, 4) is 5.75 Å². The Morgan fingerprint density at radius 1 is 1.57 bits per heavy atom. The molecular weight excluding hydrogens is 217 g/mol. The van der Waals surface area contributed by atoms with Crippen LogP contribution in [0.15, 0.2) is 18.2 Å². The second kappa shape index (κ2) is 4.01. The van der Waals surface area contributed by atoms with Crippen LogP contribution in [0, 0.1) is 15.9 Å². The van der Waals surface area contributed by atoms with E-state index < -0.39 is 27.6 Å². The molecule has 0 aromatic heterocycles. The lowest BCUT2D eigenvalue weighted by Crippen LogP contribution is -2.00. The van der Waals surface area contributed by atoms with Crippen LogP contribution in [0.1, 0.15) is 0 Å². The van der Waals surface area contributed by atoms with Gasteiger partial charge in [-0.1, -0.05) is 0 Å². The Morgan fingerprint density at radius 3 is 2.71 bits per heavy atom. The summed E-state index contributed by atoms with van der Waals surface area (Å²) < 4.78 is 16.8. The van der Waals surface area contributed by atoms with Crippen molar-refractivity contribution in [1.29, 1.82) is 0 Å². The lowest BCUT2D eigenvalue weighted by atomic mass is 10.3. The third kappa shape index (κ3) is 2.40. The van der Waals surface area contributed by atoms with Crippen LogP contribution in [0.4, 0.5) is 14.9 Å². The normalized spacial score (nSPS) is 9.57. The molecule has 0 aliphatic carbocycles. The van der Waals surface area contributed by atoms with Gasteiger partial charge in [0.15, 0.2) is 0 Å². The number of carbonyl (C=O) groups is 1. The number of nitro groups is 1. The van der Waals surface area contributed by atoms with Gasteiger partial charge in [0.1, 0.15) is 5.82 Å². The molecule has 5 nitrogen and oxygen atoms in total. The van der Waals surface area contributed by atoms with Crippen LogP contribution in [-0.2, 0) is 0 Å². The molecule has 0 unspecified atom stereocenters. The SMILES string of the molecule is O=C(Cl)Oc1cc(F)ccc1[N+](=O)[O-]. The predicted molar refractivity (Wildman–Crippen MR) is 44.9 cm³/mol. The van der Waals surface area contributed by atoms with Crippen LogP contribution >= 0.6 is 11.6 Å². The van der Waals surface area contributed by atoms with Crippen molar-refractivity contribution in [2.45, 2.75) is 0 Å². The summed E-state index contributed by atoms with van der Waals surface area (Å²) in [6.45, 7) is 0. The maximum Gasteiger partial charge on any atom is 0.409 e. The minimum absolute atomic E-state index is 0.519. The number of ether oxygens (including phenoxy) is 1. The van der Waals surface area contributed by atoms with Crippen LogP contribution in [-0.4, -0.2) is 10.4 Å². The molecule has 0 atom stereocenters. The summed E-state index contributed by atoms with van der Waals surface area (Å²) in [4.78, 5) is 19.8. The van der Waals surface area contributed by atoms with Gasteiger partial charge in [0.2, 0.25) is 5.75 Å². The second-order valence-corrected chi connectivity index (χ2v) is 2.52. The maximum atomic E-state index is 12.6. The Labute approximate surface area is 82.2 Å². The summed E-state index contributed by atoms with van der Waals surface area (Å²) in [6, 6.07) is 2.46. The first-order valence-corrected chi connectivity index (χ1v) is 3.70. The zero-order valence-electron chi connectivity index (χ0n) is 6.57. The molecule has 0 saturated heterocycles. The minimum Gasteiger partial charge on any atom is -0.407 e. The average molecular weight is 220 g/mol. The highest BCUT2D eigenvalue weighted by Crippen LogP contribution is 2.27. The number of nitro benzene ring substituents is 1. The molecule has 0 N–H and O–H groups in total. The van der Waals surface area contributed by atoms with E-state index in [0.29, 0.717) is 6.07 Å². The van der Waals surface area contributed by atoms with E-state index in [4.69, 9.17) is 11.6 Å². The van der Waals surface area contributed by atoms with Crippen LogP contribution in [0.3, 0.4) is 0 Å². The van der Waals surface area contributed by atoms with E-state index in [1.54, 1.807) is 0 Å². The van der Waals surface area contributed by atoms with E-state index in [1.807, 2.05) is 0 Å². The molecule has 0 spiro atoms. The quantitative estimate of drug-likeness (QED) is 0.435. The topological polar surface area (TPSA) is 69.4 Å². The van der Waals surface area contributed by atoms with Crippen molar-refractivity contribution in [1.82, 2.24) is 0 Å². The van der Waals surface area contributed by atoms with Gasteiger partial charge >= 0.3 is 11.1 Å². The zero-order valence-corrected chi connectivity index (χ0v) is 7.32. The third-order valence-corrected chi connectivity index (χ3v) is 1.39. The van der Waals surface area contributed by atoms with Gasteiger partial charge in [0, 0.05) is 23.7 Å². The number of hydrogen-bond donors (Lipinski definition) is 0. The molecular formula is C7H3ClFNO4. The van der Waals surface area contributed by atoms with Crippen LogP contribution in [0.25, 0.3) is 0 Å². The maximum absolute atomic E-state index is 12.6. The molecule has 0 amide bonds. The number of carbonyl (C=O) groups excluding carboxylic acids is 1. The Balaban J connectivity index is 3.15. The highest BCUT2D eigenvalue weighted by molar-refractivity contribution is 6.61. The number of hydrogen-bond acceptors (Lipinski definition) is 4. The van der Waals surface area contributed by atoms with Gasteiger partial charge in [0.05, 0.1) is 4.92 Å². The van der Waals surface area contributed by atoms with Crippen molar-refractivity contribution in [2.24, 2.45) is 0 Å². The van der Waals surface area contributed by atoms with Gasteiger partial charge < -0.3 is 4.74 Å². The molecule has 14 heavy (non-hydrogen) atoms. The fourth-order valence-corrected chi connectivity index (χ4v) is 0.890. The molecule has 0 bridgehead atoms. The molecule has 1 rings (SSSR count). The summed E-state index contributed by atoms with van der Waals surface area (Å²) in [5.41, 5.74) is -1.79. The summed E-state index contributed by atoms with van der Waals surface area (Å²) in [5, 5.41) is 10.4. The molecule has 1 aromatic carbocycles. The number of halogens is 2. The minimum atomic E-state index is -1.27. The molecule has 7 heteroatoms. The van der Waals surface area contributed by atoms with E-state index in [0.717, 1.165) is 12.1 Å². The van der Waals surface area contributed by atoms with Gasteiger partial charge in [-0.05, 0) is 6.07 Å². The summed E-state index contributed by atoms with van der Waals surface area (Å²) in [5.74, 6) is -1.28. The molecule has 0 radical (unpaired) electrons. The Bertz CT molecular complexity index is 395. The number of benzene rings is 1. The fraction of sp³-hybridized carbons (Fsp3) is 0. The summed E-state index contributed by atoms with van der Waals surface area (Å²) in [7, 11) is 0. The number of nitrogens with zero attached hydrogens (tertiary/aromatic N) is 1. The van der Waals surface area contributed by atoms with Crippen molar-refractivity contribution in [2.75, 3.05) is 0 Å². The molecule has 0 fully saturated rings. The van der Waals surface area contributed by atoms with Gasteiger partial charge in [-0.3, -0.25) is 10.1 Å². The van der Waals surface area contributed by atoms with E-state index in [-0.39, 0.29) is 0 Å². The smallest absolute Gasteiger partial charge is 0.407 e. The van der Waals surface area contributed by atoms with Crippen molar-refractivity contribution in [3.63, 3.8) is 0 Å². The van der Waals surface area contributed by atoms with Crippen LogP contribution in [0.2, 0.25) is 0 Å².